The Labute approximate surface area is 195 Å². The van der Waals surface area contributed by atoms with Crippen LogP contribution in [0.3, 0.4) is 0 Å². The molecule has 1 amide bonds. The van der Waals surface area contributed by atoms with Gasteiger partial charge in [0.15, 0.2) is 0 Å². The summed E-state index contributed by atoms with van der Waals surface area (Å²) in [6.07, 6.45) is 3.25. The summed E-state index contributed by atoms with van der Waals surface area (Å²) in [5.41, 5.74) is 2.26. The van der Waals surface area contributed by atoms with Crippen molar-refractivity contribution in [1.82, 2.24) is 14.5 Å². The maximum atomic E-state index is 13.1. The van der Waals surface area contributed by atoms with E-state index in [1.165, 1.54) is 22.0 Å². The van der Waals surface area contributed by atoms with Crippen molar-refractivity contribution in [3.8, 4) is 0 Å². The Kier molecular flexibility index (Phi) is 6.94. The molecule has 3 aromatic rings. The van der Waals surface area contributed by atoms with Crippen LogP contribution in [0.2, 0.25) is 4.34 Å². The highest BCUT2D eigenvalue weighted by atomic mass is 35.5. The first-order valence-corrected chi connectivity index (χ1v) is 13.0. The molecule has 8 nitrogen and oxygen atoms in total. The number of aromatic nitrogens is 2. The van der Waals surface area contributed by atoms with Gasteiger partial charge in [-0.05, 0) is 42.5 Å². The van der Waals surface area contributed by atoms with Gasteiger partial charge in [0.05, 0.1) is 10.8 Å². The Morgan fingerprint density at radius 1 is 1.19 bits per heavy atom. The van der Waals surface area contributed by atoms with E-state index in [0.29, 0.717) is 29.5 Å². The van der Waals surface area contributed by atoms with E-state index < -0.39 is 22.0 Å². The minimum atomic E-state index is -3.83. The summed E-state index contributed by atoms with van der Waals surface area (Å²) < 4.78 is 33.4. The number of anilines is 1. The second-order valence-electron chi connectivity index (χ2n) is 7.52. The molecule has 0 radical (unpaired) electrons. The van der Waals surface area contributed by atoms with Crippen molar-refractivity contribution in [2.45, 2.75) is 49.3 Å². The van der Waals surface area contributed by atoms with Crippen molar-refractivity contribution in [1.29, 1.82) is 0 Å². The molecule has 0 spiro atoms. The Morgan fingerprint density at radius 2 is 1.94 bits per heavy atom. The van der Waals surface area contributed by atoms with Crippen LogP contribution in [-0.2, 0) is 27.7 Å². The molecule has 1 atom stereocenters. The zero-order valence-corrected chi connectivity index (χ0v) is 19.8. The quantitative estimate of drug-likeness (QED) is 0.529. The van der Waals surface area contributed by atoms with Crippen LogP contribution in [0.5, 0.6) is 0 Å². The molecule has 11 heteroatoms. The number of hydrogen-bond donors (Lipinski definition) is 1. The first kappa shape index (κ1) is 22.9. The van der Waals surface area contributed by atoms with Crippen molar-refractivity contribution in [2.75, 3.05) is 11.9 Å². The molecule has 0 bridgehead atoms. The summed E-state index contributed by atoms with van der Waals surface area (Å²) in [6.45, 7) is 2.36. The summed E-state index contributed by atoms with van der Waals surface area (Å²) in [4.78, 5) is 12.9. The second kappa shape index (κ2) is 9.70. The molecular formula is C21H23ClN4O4S2. The van der Waals surface area contributed by atoms with E-state index in [0.717, 1.165) is 29.7 Å². The summed E-state index contributed by atoms with van der Waals surface area (Å²) in [7, 11) is -3.83. The van der Waals surface area contributed by atoms with Gasteiger partial charge in [-0.2, -0.15) is 4.31 Å². The van der Waals surface area contributed by atoms with E-state index in [4.69, 9.17) is 16.0 Å². The first-order valence-electron chi connectivity index (χ1n) is 10.3. The minimum Gasteiger partial charge on any atom is -0.407 e. The lowest BCUT2D eigenvalue weighted by Gasteiger charge is -2.32. The number of halogens is 1. The Balaban J connectivity index is 1.45. The third-order valence-corrected chi connectivity index (χ3v) is 8.96. The number of sulfonamides is 1. The summed E-state index contributed by atoms with van der Waals surface area (Å²) in [5.74, 6) is -0.121. The highest BCUT2D eigenvalue weighted by molar-refractivity contribution is 7.91. The lowest BCUT2D eigenvalue weighted by Crippen LogP contribution is -2.49. The van der Waals surface area contributed by atoms with Crippen LogP contribution in [0.1, 0.15) is 43.2 Å². The number of thiophene rings is 1. The zero-order valence-electron chi connectivity index (χ0n) is 17.5. The summed E-state index contributed by atoms with van der Waals surface area (Å²) in [5, 5.41) is 10.5. The van der Waals surface area contributed by atoms with Crippen LogP contribution >= 0.6 is 22.9 Å². The fraction of sp³-hybridized carbons (Fsp3) is 0.381. The van der Waals surface area contributed by atoms with Gasteiger partial charge in [0.1, 0.15) is 10.3 Å². The van der Waals surface area contributed by atoms with Crippen molar-refractivity contribution < 1.29 is 17.6 Å². The van der Waals surface area contributed by atoms with E-state index in [1.807, 2.05) is 24.3 Å². The van der Waals surface area contributed by atoms with Gasteiger partial charge >= 0.3 is 6.01 Å². The molecule has 32 heavy (non-hydrogen) atoms. The van der Waals surface area contributed by atoms with Gasteiger partial charge in [0, 0.05) is 6.54 Å². The van der Waals surface area contributed by atoms with E-state index in [1.54, 1.807) is 0 Å². The van der Waals surface area contributed by atoms with Gasteiger partial charge in [-0.25, -0.2) is 8.42 Å². The fourth-order valence-corrected chi connectivity index (χ4v) is 6.91. The average Bonchev–Trinajstić information content (AvgIpc) is 3.43. The molecule has 170 valence electrons. The predicted molar refractivity (Wildman–Crippen MR) is 122 cm³/mol. The fourth-order valence-electron chi connectivity index (χ4n) is 3.64. The normalized spacial score (nSPS) is 17.4. The molecule has 1 aliphatic rings. The number of amides is 1. The van der Waals surface area contributed by atoms with Gasteiger partial charge in [0.25, 0.3) is 10.0 Å². The van der Waals surface area contributed by atoms with Gasteiger partial charge in [-0.15, -0.1) is 16.4 Å². The molecule has 1 fully saturated rings. The van der Waals surface area contributed by atoms with E-state index >= 15 is 0 Å². The van der Waals surface area contributed by atoms with E-state index in [9.17, 15) is 13.2 Å². The Morgan fingerprint density at radius 3 is 2.62 bits per heavy atom. The number of carbonyl (C=O) groups is 1. The number of nitrogens with one attached hydrogen (secondary N) is 1. The Hall–Kier alpha value is -2.27. The molecule has 3 heterocycles. The average molecular weight is 495 g/mol. The van der Waals surface area contributed by atoms with Crippen molar-refractivity contribution >= 4 is 44.9 Å². The lowest BCUT2D eigenvalue weighted by atomic mass is 10.0. The van der Waals surface area contributed by atoms with Crippen molar-refractivity contribution in [3.05, 3.63) is 57.8 Å². The van der Waals surface area contributed by atoms with E-state index in [2.05, 4.69) is 22.4 Å². The number of piperidine rings is 1. The van der Waals surface area contributed by atoms with Crippen LogP contribution < -0.4 is 5.32 Å². The number of benzene rings is 1. The minimum absolute atomic E-state index is 0.0442. The Bertz CT molecular complexity index is 1190. The molecule has 1 saturated heterocycles. The number of nitrogens with zero attached hydrogens (tertiary/aromatic N) is 3. The maximum Gasteiger partial charge on any atom is 0.322 e. The molecule has 2 aromatic heterocycles. The highest BCUT2D eigenvalue weighted by Gasteiger charge is 2.38. The van der Waals surface area contributed by atoms with Crippen LogP contribution in [0.25, 0.3) is 0 Å². The summed E-state index contributed by atoms with van der Waals surface area (Å²) >= 11 is 6.89. The topological polar surface area (TPSA) is 105 Å². The van der Waals surface area contributed by atoms with Crippen molar-refractivity contribution in [2.24, 2.45) is 0 Å². The smallest absolute Gasteiger partial charge is 0.322 e. The maximum absolute atomic E-state index is 13.1. The molecule has 1 N–H and O–H groups in total. The summed E-state index contributed by atoms with van der Waals surface area (Å²) in [6, 6.07) is 10.2. The molecule has 1 aliphatic heterocycles. The van der Waals surface area contributed by atoms with Crippen LogP contribution in [0.4, 0.5) is 6.01 Å². The van der Waals surface area contributed by atoms with E-state index in [-0.39, 0.29) is 16.8 Å². The third kappa shape index (κ3) is 5.03. The van der Waals surface area contributed by atoms with Gasteiger partial charge in [-0.3, -0.25) is 10.1 Å². The van der Waals surface area contributed by atoms with Crippen LogP contribution in [0, 0.1) is 0 Å². The van der Waals surface area contributed by atoms with Crippen LogP contribution in [-0.4, -0.2) is 41.4 Å². The largest absolute Gasteiger partial charge is 0.407 e. The predicted octanol–water partition coefficient (Wildman–Crippen LogP) is 4.12. The number of rotatable bonds is 7. The van der Waals surface area contributed by atoms with Crippen LogP contribution in [0.15, 0.2) is 45.0 Å². The van der Waals surface area contributed by atoms with Crippen molar-refractivity contribution in [3.63, 3.8) is 0 Å². The third-order valence-electron chi connectivity index (χ3n) is 5.35. The van der Waals surface area contributed by atoms with Gasteiger partial charge in [0.2, 0.25) is 11.8 Å². The number of aryl methyl sites for hydroxylation is 1. The van der Waals surface area contributed by atoms with Gasteiger partial charge < -0.3 is 4.42 Å². The number of hydrogen-bond acceptors (Lipinski definition) is 7. The second-order valence-corrected chi connectivity index (χ2v) is 11.4. The standard InChI is InChI=1S/C21H23ClN4O4S2/c1-2-14-6-8-15(9-7-14)13-18-24-25-21(30-18)23-20(27)16-5-3-4-12-26(16)32(28,29)19-11-10-17(22)31-19/h6-11,16H,2-5,12-13H2,1H3,(H,23,25,27). The molecule has 4 rings (SSSR count). The molecule has 0 aliphatic carbocycles. The molecule has 1 aromatic carbocycles. The first-order chi connectivity index (χ1) is 15.4. The number of carbonyl (C=O) groups excluding carboxylic acids is 1. The SMILES string of the molecule is CCc1ccc(Cc2nnc(NC(=O)C3CCCCN3S(=O)(=O)c3ccc(Cl)s3)o2)cc1. The molecule has 0 saturated carbocycles. The molecular weight excluding hydrogens is 472 g/mol. The lowest BCUT2D eigenvalue weighted by molar-refractivity contribution is -0.120. The highest BCUT2D eigenvalue weighted by Crippen LogP contribution is 2.32. The van der Waals surface area contributed by atoms with Gasteiger partial charge in [-0.1, -0.05) is 54.3 Å². The molecule has 1 unspecified atom stereocenters. The zero-order chi connectivity index (χ0) is 22.7. The monoisotopic (exact) mass is 494 g/mol.